The molecule has 25 heavy (non-hydrogen) atoms. The molecule has 2 aromatic carbocycles. The van der Waals surface area contributed by atoms with Gasteiger partial charge in [0.15, 0.2) is 7.38 Å². The molecule has 0 spiro atoms. The molecule has 0 bridgehead atoms. The molecule has 0 fully saturated rings. The van der Waals surface area contributed by atoms with Gasteiger partial charge >= 0.3 is 0 Å². The van der Waals surface area contributed by atoms with E-state index < -0.39 is 7.38 Å². The molecule has 0 radical (unpaired) electrons. The molecule has 3 rings (SSSR count). The van der Waals surface area contributed by atoms with Gasteiger partial charge in [0.25, 0.3) is 0 Å². The molecule has 0 N–H and O–H groups in total. The molecule has 0 amide bonds. The summed E-state index contributed by atoms with van der Waals surface area (Å²) in [5, 5.41) is 1.47. The summed E-state index contributed by atoms with van der Waals surface area (Å²) in [6.45, 7) is 18.3. The van der Waals surface area contributed by atoms with Crippen molar-refractivity contribution in [3.05, 3.63) is 52.6 Å². The number of fused-ring (bicyclic) bond motifs is 3. The second-order valence-electron chi connectivity index (χ2n) is 10.0. The van der Waals surface area contributed by atoms with E-state index in [0.29, 0.717) is 0 Å². The van der Waals surface area contributed by atoms with E-state index in [2.05, 4.69) is 85.0 Å². The molecule has 0 atom stereocenters. The van der Waals surface area contributed by atoms with Gasteiger partial charge in [0.05, 0.1) is 0 Å². The predicted octanol–water partition coefficient (Wildman–Crippen LogP) is 6.50. The summed E-state index contributed by atoms with van der Waals surface area (Å²) in [6.07, 6.45) is 1.02. The SMILES string of the molecule is CC(C)(C)c1ccc2c(c1)Cc1c-2ccc(C(C)(C)C)c1[Si](C)(C)Cl. The highest BCUT2D eigenvalue weighted by Crippen LogP contribution is 2.41. The normalized spacial score (nSPS) is 14.4. The summed E-state index contributed by atoms with van der Waals surface area (Å²) in [5.74, 6) is 0. The van der Waals surface area contributed by atoms with Gasteiger partial charge in [-0.05, 0) is 55.8 Å². The summed E-state index contributed by atoms with van der Waals surface area (Å²) in [7, 11) is -1.96. The van der Waals surface area contributed by atoms with Gasteiger partial charge < -0.3 is 0 Å². The van der Waals surface area contributed by atoms with E-state index in [1.807, 2.05) is 0 Å². The Morgan fingerprint density at radius 3 is 1.96 bits per heavy atom. The summed E-state index contributed by atoms with van der Waals surface area (Å²) < 4.78 is 0. The van der Waals surface area contributed by atoms with E-state index in [-0.39, 0.29) is 10.8 Å². The first kappa shape index (κ1) is 18.7. The van der Waals surface area contributed by atoms with Crippen molar-refractivity contribution in [2.45, 2.75) is 71.9 Å². The van der Waals surface area contributed by atoms with Gasteiger partial charge in [-0.2, -0.15) is 11.1 Å². The monoisotopic (exact) mass is 370 g/mol. The van der Waals surface area contributed by atoms with Crippen LogP contribution in [0.5, 0.6) is 0 Å². The lowest BCUT2D eigenvalue weighted by atomic mass is 9.85. The first-order valence-corrected chi connectivity index (χ1v) is 13.3. The van der Waals surface area contributed by atoms with Crippen LogP contribution in [0.3, 0.4) is 0 Å². The highest BCUT2D eigenvalue weighted by atomic mass is 35.6. The van der Waals surface area contributed by atoms with Crippen LogP contribution in [0.4, 0.5) is 0 Å². The van der Waals surface area contributed by atoms with Crippen LogP contribution in [-0.4, -0.2) is 7.38 Å². The Morgan fingerprint density at radius 1 is 0.840 bits per heavy atom. The minimum absolute atomic E-state index is 0.120. The first-order chi connectivity index (χ1) is 11.3. The maximum atomic E-state index is 7.04. The Balaban J connectivity index is 2.23. The van der Waals surface area contributed by atoms with E-state index in [4.69, 9.17) is 11.1 Å². The van der Waals surface area contributed by atoms with Gasteiger partial charge in [-0.25, -0.2) is 0 Å². The van der Waals surface area contributed by atoms with E-state index in [0.717, 1.165) is 6.42 Å². The van der Waals surface area contributed by atoms with Crippen LogP contribution in [0.1, 0.15) is 63.8 Å². The van der Waals surface area contributed by atoms with Gasteiger partial charge in [0.2, 0.25) is 0 Å². The van der Waals surface area contributed by atoms with E-state index in [9.17, 15) is 0 Å². The van der Waals surface area contributed by atoms with Gasteiger partial charge in [-0.15, -0.1) is 0 Å². The molecule has 0 saturated heterocycles. The predicted molar refractivity (Wildman–Crippen MR) is 115 cm³/mol. The van der Waals surface area contributed by atoms with Gasteiger partial charge in [-0.3, -0.25) is 0 Å². The smallest absolute Gasteiger partial charge is 0.161 e. The lowest BCUT2D eigenvalue weighted by Crippen LogP contribution is -2.43. The average molecular weight is 371 g/mol. The molecule has 0 heterocycles. The molecule has 0 aromatic heterocycles. The minimum atomic E-state index is -1.96. The average Bonchev–Trinajstić information content (AvgIpc) is 2.80. The fourth-order valence-corrected chi connectivity index (χ4v) is 6.73. The largest absolute Gasteiger partial charge is 0.181 e. The van der Waals surface area contributed by atoms with Crippen molar-refractivity contribution in [1.29, 1.82) is 0 Å². The second kappa shape index (κ2) is 5.72. The number of halogens is 1. The van der Waals surface area contributed by atoms with Crippen molar-refractivity contribution in [2.75, 3.05) is 0 Å². The van der Waals surface area contributed by atoms with Crippen molar-refractivity contribution < 1.29 is 0 Å². The summed E-state index contributed by atoms with van der Waals surface area (Å²) >= 11 is 7.04. The third kappa shape index (κ3) is 3.33. The van der Waals surface area contributed by atoms with Gasteiger partial charge in [-0.1, -0.05) is 85.0 Å². The maximum Gasteiger partial charge on any atom is 0.181 e. The van der Waals surface area contributed by atoms with Gasteiger partial charge in [0, 0.05) is 0 Å². The molecule has 2 aromatic rings. The molecule has 1 aliphatic rings. The van der Waals surface area contributed by atoms with Crippen molar-refractivity contribution in [3.63, 3.8) is 0 Å². The third-order valence-corrected chi connectivity index (χ3v) is 7.67. The molecule has 0 saturated carbocycles. The Hall–Kier alpha value is -1.05. The van der Waals surface area contributed by atoms with Crippen molar-refractivity contribution in [2.24, 2.45) is 0 Å². The zero-order chi connectivity index (χ0) is 18.8. The highest BCUT2D eigenvalue weighted by Gasteiger charge is 2.35. The molecular weight excluding hydrogens is 340 g/mol. The van der Waals surface area contributed by atoms with Crippen LogP contribution in [0.2, 0.25) is 13.1 Å². The first-order valence-electron chi connectivity index (χ1n) is 9.29. The number of hydrogen-bond acceptors (Lipinski definition) is 0. The van der Waals surface area contributed by atoms with E-state index >= 15 is 0 Å². The van der Waals surface area contributed by atoms with Crippen molar-refractivity contribution in [1.82, 2.24) is 0 Å². The molecule has 0 aliphatic heterocycles. The minimum Gasteiger partial charge on any atom is -0.161 e. The zero-order valence-electron chi connectivity index (χ0n) is 17.0. The fraction of sp³-hybridized carbons (Fsp3) is 0.478. The van der Waals surface area contributed by atoms with E-state index in [1.54, 1.807) is 0 Å². The van der Waals surface area contributed by atoms with Crippen LogP contribution in [0, 0.1) is 0 Å². The molecule has 0 unspecified atom stereocenters. The molecular formula is C23H31ClSi. The summed E-state index contributed by atoms with van der Waals surface area (Å²) in [4.78, 5) is 0. The molecule has 0 nitrogen and oxygen atoms in total. The Kier molecular flexibility index (Phi) is 4.29. The Labute approximate surface area is 159 Å². The standard InChI is InChI=1S/C23H31ClSi/c1-22(2,3)16-9-10-17-15(13-16)14-19-18(17)11-12-20(23(4,5)6)21(19)25(7,8)24/h9-13H,14H2,1-8H3. The summed E-state index contributed by atoms with van der Waals surface area (Å²) in [5.41, 5.74) is 8.91. The maximum absolute atomic E-state index is 7.04. The highest BCUT2D eigenvalue weighted by molar-refractivity contribution is 7.26. The van der Waals surface area contributed by atoms with Crippen LogP contribution in [0.25, 0.3) is 11.1 Å². The Bertz CT molecular complexity index is 827. The van der Waals surface area contributed by atoms with Crippen LogP contribution in [-0.2, 0) is 17.3 Å². The fourth-order valence-electron chi connectivity index (χ4n) is 4.05. The molecule has 2 heteroatoms. The van der Waals surface area contributed by atoms with E-state index in [1.165, 1.54) is 38.6 Å². The van der Waals surface area contributed by atoms with Crippen LogP contribution in [0.15, 0.2) is 30.3 Å². The third-order valence-electron chi connectivity index (χ3n) is 5.34. The van der Waals surface area contributed by atoms with Gasteiger partial charge in [0.1, 0.15) is 0 Å². The second-order valence-corrected chi connectivity index (χ2v) is 16.3. The van der Waals surface area contributed by atoms with Crippen molar-refractivity contribution in [3.8, 4) is 11.1 Å². The van der Waals surface area contributed by atoms with Crippen molar-refractivity contribution >= 4 is 23.6 Å². The molecule has 134 valence electrons. The zero-order valence-corrected chi connectivity index (χ0v) is 18.7. The number of hydrogen-bond donors (Lipinski definition) is 0. The topological polar surface area (TPSA) is 0 Å². The quantitative estimate of drug-likeness (QED) is 0.338. The number of benzene rings is 2. The molecule has 1 aliphatic carbocycles. The van der Waals surface area contributed by atoms with Crippen LogP contribution < -0.4 is 5.19 Å². The lowest BCUT2D eigenvalue weighted by Gasteiger charge is -2.30. The lowest BCUT2D eigenvalue weighted by molar-refractivity contribution is 0.590. The summed E-state index contributed by atoms with van der Waals surface area (Å²) in [6, 6.07) is 11.7. The van der Waals surface area contributed by atoms with Crippen LogP contribution >= 0.6 is 11.1 Å². The Morgan fingerprint density at radius 2 is 1.44 bits per heavy atom. The number of rotatable bonds is 1.